The van der Waals surface area contributed by atoms with E-state index < -0.39 is 0 Å². The Balaban J connectivity index is 1.85. The van der Waals surface area contributed by atoms with Crippen LogP contribution in [-0.4, -0.2) is 10.9 Å². The molecule has 2 aromatic rings. The second kappa shape index (κ2) is 5.73. The molecule has 18 heavy (non-hydrogen) atoms. The molecule has 0 atom stereocenters. The molecule has 1 N–H and O–H groups in total. The largest absolute Gasteiger partial charge is 0.351 e. The fourth-order valence-corrected chi connectivity index (χ4v) is 2.30. The Bertz CT molecular complexity index is 553. The topological polar surface area (TPSA) is 42.0 Å². The average Bonchev–Trinajstić information content (AvgIpc) is 2.73. The summed E-state index contributed by atoms with van der Waals surface area (Å²) in [6.45, 7) is 2.39. The van der Waals surface area contributed by atoms with E-state index in [1.165, 1.54) is 12.1 Å². The number of nitrogens with one attached hydrogen (secondary N) is 1. The number of carbonyl (C=O) groups excluding carboxylic acids is 1. The molecule has 0 fully saturated rings. The number of amides is 1. The van der Waals surface area contributed by atoms with E-state index in [0.717, 1.165) is 9.88 Å². The molecule has 1 heterocycles. The van der Waals surface area contributed by atoms with Gasteiger partial charge >= 0.3 is 0 Å². The quantitative estimate of drug-likeness (QED) is 0.921. The summed E-state index contributed by atoms with van der Waals surface area (Å²) in [5, 5.41) is 3.77. The smallest absolute Gasteiger partial charge is 0.224 e. The van der Waals surface area contributed by atoms with Gasteiger partial charge in [-0.25, -0.2) is 9.37 Å². The molecular weight excluding hydrogens is 251 g/mol. The van der Waals surface area contributed by atoms with E-state index in [-0.39, 0.29) is 18.1 Å². The van der Waals surface area contributed by atoms with E-state index in [4.69, 9.17) is 0 Å². The Hall–Kier alpha value is -1.75. The summed E-state index contributed by atoms with van der Waals surface area (Å²) in [5.41, 5.74) is 0.674. The lowest BCUT2D eigenvalue weighted by Crippen LogP contribution is -2.24. The minimum absolute atomic E-state index is 0.119. The van der Waals surface area contributed by atoms with E-state index in [2.05, 4.69) is 10.3 Å². The van der Waals surface area contributed by atoms with Crippen LogP contribution in [0.4, 0.5) is 4.39 Å². The molecule has 5 heteroatoms. The van der Waals surface area contributed by atoms with E-state index in [1.807, 2.05) is 6.92 Å². The molecule has 0 aliphatic carbocycles. The lowest BCUT2D eigenvalue weighted by Gasteiger charge is -2.03. The Labute approximate surface area is 109 Å². The maximum absolute atomic E-state index is 12.9. The second-order valence-electron chi connectivity index (χ2n) is 3.93. The number of hydrogen-bond acceptors (Lipinski definition) is 3. The SMILES string of the molecule is Cc1ncc(CNC(=O)Cc2cccc(F)c2)s1. The lowest BCUT2D eigenvalue weighted by atomic mass is 10.1. The molecule has 0 radical (unpaired) electrons. The molecule has 0 unspecified atom stereocenters. The molecule has 0 saturated carbocycles. The highest BCUT2D eigenvalue weighted by molar-refractivity contribution is 7.11. The normalized spacial score (nSPS) is 10.3. The third-order valence-electron chi connectivity index (χ3n) is 2.38. The first-order valence-corrected chi connectivity index (χ1v) is 6.37. The molecule has 1 amide bonds. The van der Waals surface area contributed by atoms with Crippen molar-refractivity contribution in [2.24, 2.45) is 0 Å². The van der Waals surface area contributed by atoms with Gasteiger partial charge < -0.3 is 5.32 Å². The number of thiazole rings is 1. The van der Waals surface area contributed by atoms with Crippen molar-refractivity contribution in [3.8, 4) is 0 Å². The van der Waals surface area contributed by atoms with Crippen molar-refractivity contribution in [2.45, 2.75) is 19.9 Å². The highest BCUT2D eigenvalue weighted by Crippen LogP contribution is 2.11. The highest BCUT2D eigenvalue weighted by atomic mass is 32.1. The van der Waals surface area contributed by atoms with Crippen LogP contribution in [0.5, 0.6) is 0 Å². The van der Waals surface area contributed by atoms with Crippen LogP contribution in [0.15, 0.2) is 30.5 Å². The highest BCUT2D eigenvalue weighted by Gasteiger charge is 2.05. The van der Waals surface area contributed by atoms with Crippen molar-refractivity contribution < 1.29 is 9.18 Å². The monoisotopic (exact) mass is 264 g/mol. The number of hydrogen-bond donors (Lipinski definition) is 1. The molecule has 2 rings (SSSR count). The van der Waals surface area contributed by atoms with Crippen molar-refractivity contribution >= 4 is 17.2 Å². The van der Waals surface area contributed by atoms with Crippen LogP contribution in [0, 0.1) is 12.7 Å². The summed E-state index contributed by atoms with van der Waals surface area (Å²) < 4.78 is 12.9. The summed E-state index contributed by atoms with van der Waals surface area (Å²) in [6.07, 6.45) is 1.94. The van der Waals surface area contributed by atoms with E-state index >= 15 is 0 Å². The summed E-state index contributed by atoms with van der Waals surface area (Å²) in [4.78, 5) is 16.8. The Morgan fingerprint density at radius 3 is 3.00 bits per heavy atom. The number of benzene rings is 1. The van der Waals surface area contributed by atoms with Crippen molar-refractivity contribution in [1.29, 1.82) is 0 Å². The average molecular weight is 264 g/mol. The number of halogens is 1. The van der Waals surface area contributed by atoms with Crippen LogP contribution in [0.3, 0.4) is 0 Å². The first kappa shape index (κ1) is 12.7. The fourth-order valence-electron chi connectivity index (χ4n) is 1.57. The number of aryl methyl sites for hydroxylation is 1. The Morgan fingerprint density at radius 1 is 1.50 bits per heavy atom. The molecule has 3 nitrogen and oxygen atoms in total. The van der Waals surface area contributed by atoms with Gasteiger partial charge in [-0.05, 0) is 24.6 Å². The van der Waals surface area contributed by atoms with Gasteiger partial charge in [0.25, 0.3) is 0 Å². The van der Waals surface area contributed by atoms with Crippen molar-refractivity contribution in [2.75, 3.05) is 0 Å². The molecule has 0 aliphatic heterocycles. The van der Waals surface area contributed by atoms with Gasteiger partial charge in [-0.2, -0.15) is 0 Å². The predicted octanol–water partition coefficient (Wildman–Crippen LogP) is 2.45. The van der Waals surface area contributed by atoms with E-state index in [1.54, 1.807) is 29.7 Å². The van der Waals surface area contributed by atoms with Gasteiger partial charge in [0.05, 0.1) is 18.0 Å². The van der Waals surface area contributed by atoms with Crippen LogP contribution < -0.4 is 5.32 Å². The molecule has 94 valence electrons. The molecule has 0 bridgehead atoms. The molecule has 0 spiro atoms. The zero-order valence-electron chi connectivity index (χ0n) is 9.94. The number of rotatable bonds is 4. The second-order valence-corrected chi connectivity index (χ2v) is 5.25. The van der Waals surface area contributed by atoms with Gasteiger partial charge in [0.2, 0.25) is 5.91 Å². The first-order valence-electron chi connectivity index (χ1n) is 5.56. The molecule has 0 aliphatic rings. The summed E-state index contributed by atoms with van der Waals surface area (Å²) >= 11 is 1.55. The molecule has 1 aromatic carbocycles. The first-order chi connectivity index (χ1) is 8.63. The van der Waals surface area contributed by atoms with E-state index in [0.29, 0.717) is 12.1 Å². The maximum Gasteiger partial charge on any atom is 0.224 e. The van der Waals surface area contributed by atoms with Crippen molar-refractivity contribution in [3.05, 3.63) is 51.7 Å². The molecular formula is C13H13FN2OS. The number of carbonyl (C=O) groups is 1. The van der Waals surface area contributed by atoms with Gasteiger partial charge in [-0.3, -0.25) is 4.79 Å². The standard InChI is InChI=1S/C13H13FN2OS/c1-9-15-7-12(18-9)8-16-13(17)6-10-3-2-4-11(14)5-10/h2-5,7H,6,8H2,1H3,(H,16,17). The van der Waals surface area contributed by atoms with Crippen molar-refractivity contribution in [1.82, 2.24) is 10.3 Å². The Morgan fingerprint density at radius 2 is 2.33 bits per heavy atom. The summed E-state index contributed by atoms with van der Waals surface area (Å²) in [7, 11) is 0. The summed E-state index contributed by atoms with van der Waals surface area (Å²) in [6, 6.07) is 6.07. The van der Waals surface area contributed by atoms with Crippen molar-refractivity contribution in [3.63, 3.8) is 0 Å². The van der Waals surface area contributed by atoms with Crippen LogP contribution >= 0.6 is 11.3 Å². The van der Waals surface area contributed by atoms with Gasteiger partial charge in [-0.15, -0.1) is 11.3 Å². The minimum Gasteiger partial charge on any atom is -0.351 e. The van der Waals surface area contributed by atoms with Gasteiger partial charge in [0, 0.05) is 11.1 Å². The zero-order valence-corrected chi connectivity index (χ0v) is 10.8. The van der Waals surface area contributed by atoms with Crippen LogP contribution in [0.2, 0.25) is 0 Å². The third kappa shape index (κ3) is 3.63. The molecule has 1 aromatic heterocycles. The van der Waals surface area contributed by atoms with Gasteiger partial charge in [-0.1, -0.05) is 12.1 Å². The van der Waals surface area contributed by atoms with E-state index in [9.17, 15) is 9.18 Å². The zero-order chi connectivity index (χ0) is 13.0. The maximum atomic E-state index is 12.9. The molecule has 0 saturated heterocycles. The van der Waals surface area contributed by atoms with Gasteiger partial charge in [0.15, 0.2) is 0 Å². The van der Waals surface area contributed by atoms with Crippen LogP contribution in [0.1, 0.15) is 15.4 Å². The van der Waals surface area contributed by atoms with Gasteiger partial charge in [0.1, 0.15) is 5.82 Å². The summed E-state index contributed by atoms with van der Waals surface area (Å²) in [5.74, 6) is -0.440. The number of aromatic nitrogens is 1. The van der Waals surface area contributed by atoms with Crippen LogP contribution in [0.25, 0.3) is 0 Å². The predicted molar refractivity (Wildman–Crippen MR) is 68.8 cm³/mol. The third-order valence-corrected chi connectivity index (χ3v) is 3.30. The Kier molecular flexibility index (Phi) is 4.04. The minimum atomic E-state index is -0.321. The fraction of sp³-hybridized carbons (Fsp3) is 0.231. The number of nitrogens with zero attached hydrogens (tertiary/aromatic N) is 1. The lowest BCUT2D eigenvalue weighted by molar-refractivity contribution is -0.120. The van der Waals surface area contributed by atoms with Crippen LogP contribution in [-0.2, 0) is 17.8 Å².